The van der Waals surface area contributed by atoms with Gasteiger partial charge in [0, 0.05) is 13.1 Å². The zero-order valence-corrected chi connectivity index (χ0v) is 8.58. The molecule has 16 heavy (non-hydrogen) atoms. The van der Waals surface area contributed by atoms with E-state index in [2.05, 4.69) is 20.4 Å². The van der Waals surface area contributed by atoms with Crippen LogP contribution in [0.5, 0.6) is 0 Å². The summed E-state index contributed by atoms with van der Waals surface area (Å²) in [7, 11) is 1.72. The normalized spacial score (nSPS) is 10.1. The van der Waals surface area contributed by atoms with Gasteiger partial charge in [-0.1, -0.05) is 0 Å². The Balaban J connectivity index is 2.18. The molecule has 82 valence electrons. The summed E-state index contributed by atoms with van der Waals surface area (Å²) < 4.78 is 1.54. The molecule has 0 saturated heterocycles. The Morgan fingerprint density at radius 1 is 1.50 bits per heavy atom. The monoisotopic (exact) mass is 218 g/mol. The van der Waals surface area contributed by atoms with Crippen LogP contribution in [0.15, 0.2) is 24.7 Å². The second-order valence-corrected chi connectivity index (χ2v) is 3.12. The highest BCUT2D eigenvalue weighted by Crippen LogP contribution is 2.06. The van der Waals surface area contributed by atoms with Gasteiger partial charge in [0.25, 0.3) is 5.91 Å². The summed E-state index contributed by atoms with van der Waals surface area (Å²) in [5.74, 6) is 0.412. The summed E-state index contributed by atoms with van der Waals surface area (Å²) >= 11 is 0. The van der Waals surface area contributed by atoms with Crippen molar-refractivity contribution in [3.8, 4) is 0 Å². The first-order chi connectivity index (χ1) is 7.66. The quantitative estimate of drug-likeness (QED) is 0.741. The lowest BCUT2D eigenvalue weighted by atomic mass is 10.4. The van der Waals surface area contributed by atoms with Gasteiger partial charge in [-0.05, 0) is 0 Å². The number of carbonyl (C=O) groups excluding carboxylic acids is 1. The summed E-state index contributed by atoms with van der Waals surface area (Å²) in [5.41, 5.74) is 5.60. The van der Waals surface area contributed by atoms with E-state index in [9.17, 15) is 4.79 Å². The van der Waals surface area contributed by atoms with E-state index < -0.39 is 0 Å². The number of aryl methyl sites for hydroxylation is 1. The first kappa shape index (κ1) is 10.1. The fraction of sp³-hybridized carbons (Fsp3) is 0.111. The molecule has 0 unspecified atom stereocenters. The first-order valence-corrected chi connectivity index (χ1v) is 4.53. The summed E-state index contributed by atoms with van der Waals surface area (Å²) in [6.07, 6.45) is 4.31. The third-order valence-electron chi connectivity index (χ3n) is 1.95. The maximum atomic E-state index is 11.7. The molecule has 2 rings (SSSR count). The predicted molar refractivity (Wildman–Crippen MR) is 57.6 cm³/mol. The van der Waals surface area contributed by atoms with Gasteiger partial charge in [-0.3, -0.25) is 14.5 Å². The van der Waals surface area contributed by atoms with Gasteiger partial charge in [0.2, 0.25) is 0 Å². The fourth-order valence-corrected chi connectivity index (χ4v) is 1.17. The maximum absolute atomic E-state index is 11.7. The minimum Gasteiger partial charge on any atom is -0.382 e. The van der Waals surface area contributed by atoms with Crippen LogP contribution in [0.1, 0.15) is 10.5 Å². The summed E-state index contributed by atoms with van der Waals surface area (Å²) in [6.45, 7) is 0. The molecule has 0 saturated carbocycles. The van der Waals surface area contributed by atoms with Crippen molar-refractivity contribution in [1.29, 1.82) is 0 Å². The Morgan fingerprint density at radius 2 is 2.31 bits per heavy atom. The van der Waals surface area contributed by atoms with Crippen molar-refractivity contribution < 1.29 is 4.79 Å². The molecule has 7 heteroatoms. The van der Waals surface area contributed by atoms with Gasteiger partial charge in [0.15, 0.2) is 0 Å². The molecule has 0 aliphatic heterocycles. The molecule has 0 aliphatic rings. The Bertz CT molecular complexity index is 520. The molecule has 1 amide bonds. The van der Waals surface area contributed by atoms with Gasteiger partial charge in [0.05, 0.1) is 18.6 Å². The second kappa shape index (κ2) is 3.97. The molecular formula is C9H10N6O. The van der Waals surface area contributed by atoms with E-state index in [-0.39, 0.29) is 17.4 Å². The molecular weight excluding hydrogens is 208 g/mol. The molecule has 2 aromatic rings. The van der Waals surface area contributed by atoms with Crippen LogP contribution < -0.4 is 11.1 Å². The number of aromatic nitrogens is 4. The Kier molecular flexibility index (Phi) is 2.50. The van der Waals surface area contributed by atoms with E-state index in [4.69, 9.17) is 5.73 Å². The van der Waals surface area contributed by atoms with Gasteiger partial charge in [0.1, 0.15) is 17.3 Å². The topological polar surface area (TPSA) is 98.7 Å². The zero-order chi connectivity index (χ0) is 11.5. The van der Waals surface area contributed by atoms with Gasteiger partial charge >= 0.3 is 0 Å². The number of amides is 1. The van der Waals surface area contributed by atoms with Crippen LogP contribution in [0.2, 0.25) is 0 Å². The SMILES string of the molecule is Cn1nccc1NC(=O)c1cncc(N)n1. The van der Waals surface area contributed by atoms with Crippen LogP contribution in [0.4, 0.5) is 11.6 Å². The zero-order valence-electron chi connectivity index (χ0n) is 8.58. The standard InChI is InChI=1S/C9H10N6O/c1-15-8(2-3-12-15)14-9(16)6-4-11-5-7(10)13-6/h2-5H,1H3,(H2,10,13)(H,14,16). The highest BCUT2D eigenvalue weighted by Gasteiger charge is 2.10. The van der Waals surface area contributed by atoms with E-state index in [0.29, 0.717) is 5.82 Å². The molecule has 3 N–H and O–H groups in total. The van der Waals surface area contributed by atoms with Crippen LogP contribution >= 0.6 is 0 Å². The first-order valence-electron chi connectivity index (χ1n) is 4.53. The average molecular weight is 218 g/mol. The van der Waals surface area contributed by atoms with Gasteiger partial charge in [-0.25, -0.2) is 4.98 Å². The third-order valence-corrected chi connectivity index (χ3v) is 1.95. The minimum atomic E-state index is -0.372. The Hall–Kier alpha value is -2.44. The van der Waals surface area contributed by atoms with Crippen molar-refractivity contribution in [2.75, 3.05) is 11.1 Å². The van der Waals surface area contributed by atoms with Crippen molar-refractivity contribution in [2.24, 2.45) is 7.05 Å². The van der Waals surface area contributed by atoms with E-state index in [0.717, 1.165) is 0 Å². The van der Waals surface area contributed by atoms with E-state index >= 15 is 0 Å². The molecule has 0 bridgehead atoms. The largest absolute Gasteiger partial charge is 0.382 e. The molecule has 0 radical (unpaired) electrons. The van der Waals surface area contributed by atoms with Gasteiger partial charge in [-0.2, -0.15) is 5.10 Å². The third kappa shape index (κ3) is 1.97. The average Bonchev–Trinajstić information content (AvgIpc) is 2.64. The van der Waals surface area contributed by atoms with E-state index in [1.54, 1.807) is 19.3 Å². The molecule has 7 nitrogen and oxygen atoms in total. The molecule has 0 fully saturated rings. The Labute approximate surface area is 91.3 Å². The molecule has 2 aromatic heterocycles. The van der Waals surface area contributed by atoms with Crippen molar-refractivity contribution in [3.05, 3.63) is 30.4 Å². The molecule has 2 heterocycles. The molecule has 0 aliphatic carbocycles. The number of anilines is 2. The number of nitrogens with one attached hydrogen (secondary N) is 1. The summed E-state index contributed by atoms with van der Waals surface area (Å²) in [5, 5.41) is 6.56. The predicted octanol–water partition coefficient (Wildman–Crippen LogP) is 0.0446. The number of rotatable bonds is 2. The lowest BCUT2D eigenvalue weighted by Gasteiger charge is -2.04. The van der Waals surface area contributed by atoms with Crippen LogP contribution in [0, 0.1) is 0 Å². The van der Waals surface area contributed by atoms with Crippen LogP contribution in [0.25, 0.3) is 0 Å². The highest BCUT2D eigenvalue weighted by molar-refractivity contribution is 6.02. The minimum absolute atomic E-state index is 0.168. The lowest BCUT2D eigenvalue weighted by Crippen LogP contribution is -2.16. The van der Waals surface area contributed by atoms with Crippen LogP contribution in [-0.2, 0) is 7.05 Å². The number of nitrogens with zero attached hydrogens (tertiary/aromatic N) is 4. The molecule has 0 spiro atoms. The number of hydrogen-bond acceptors (Lipinski definition) is 5. The second-order valence-electron chi connectivity index (χ2n) is 3.12. The van der Waals surface area contributed by atoms with Crippen molar-refractivity contribution in [3.63, 3.8) is 0 Å². The van der Waals surface area contributed by atoms with Crippen LogP contribution in [-0.4, -0.2) is 25.7 Å². The number of carbonyl (C=O) groups is 1. The van der Waals surface area contributed by atoms with Crippen molar-refractivity contribution >= 4 is 17.5 Å². The smallest absolute Gasteiger partial charge is 0.277 e. The number of nitrogen functional groups attached to an aromatic ring is 1. The molecule has 0 atom stereocenters. The van der Waals surface area contributed by atoms with E-state index in [1.807, 2.05) is 0 Å². The van der Waals surface area contributed by atoms with E-state index in [1.165, 1.54) is 17.1 Å². The summed E-state index contributed by atoms with van der Waals surface area (Å²) in [4.78, 5) is 19.3. The highest BCUT2D eigenvalue weighted by atomic mass is 16.2. The number of hydrogen-bond donors (Lipinski definition) is 2. The van der Waals surface area contributed by atoms with Crippen LogP contribution in [0.3, 0.4) is 0 Å². The summed E-state index contributed by atoms with van der Waals surface area (Å²) in [6, 6.07) is 1.68. The number of nitrogens with two attached hydrogens (primary N) is 1. The van der Waals surface area contributed by atoms with Gasteiger partial charge < -0.3 is 11.1 Å². The lowest BCUT2D eigenvalue weighted by molar-refractivity contribution is 0.102. The van der Waals surface area contributed by atoms with Gasteiger partial charge in [-0.15, -0.1) is 0 Å². The maximum Gasteiger partial charge on any atom is 0.277 e. The Morgan fingerprint density at radius 3 is 2.94 bits per heavy atom. The fourth-order valence-electron chi connectivity index (χ4n) is 1.17. The molecule has 0 aromatic carbocycles. The van der Waals surface area contributed by atoms with Crippen molar-refractivity contribution in [1.82, 2.24) is 19.7 Å². The van der Waals surface area contributed by atoms with Crippen molar-refractivity contribution in [2.45, 2.75) is 0 Å².